The summed E-state index contributed by atoms with van der Waals surface area (Å²) in [6.45, 7) is 8.46. The first-order valence-corrected chi connectivity index (χ1v) is 6.43. The van der Waals surface area contributed by atoms with Crippen molar-refractivity contribution in [1.82, 2.24) is 0 Å². The molecule has 0 bridgehead atoms. The largest absolute Gasteiger partial charge is 0.489 e. The number of ether oxygens (including phenoxy) is 1. The summed E-state index contributed by atoms with van der Waals surface area (Å²) in [6, 6.07) is 9.26. The van der Waals surface area contributed by atoms with Gasteiger partial charge in [0, 0.05) is 6.07 Å². The van der Waals surface area contributed by atoms with E-state index in [1.54, 1.807) is 19.1 Å². The van der Waals surface area contributed by atoms with Gasteiger partial charge in [-0.3, -0.25) is 0 Å². The molecule has 0 aliphatic carbocycles. The number of rotatable bonds is 3. The topological polar surface area (TPSA) is 9.23 Å². The third kappa shape index (κ3) is 3.14. The summed E-state index contributed by atoms with van der Waals surface area (Å²) in [5.74, 6) is 0.345. The summed E-state index contributed by atoms with van der Waals surface area (Å²) in [6.07, 6.45) is 0. The molecule has 0 aromatic heterocycles. The molecule has 19 heavy (non-hydrogen) atoms. The molecule has 0 N–H and O–H groups in total. The van der Waals surface area contributed by atoms with E-state index in [9.17, 15) is 4.39 Å². The first kappa shape index (κ1) is 13.6. The second-order valence-electron chi connectivity index (χ2n) is 5.08. The summed E-state index contributed by atoms with van der Waals surface area (Å²) >= 11 is 0. The molecule has 0 saturated carbocycles. The Hall–Kier alpha value is -1.83. The number of hydrogen-bond donors (Lipinski definition) is 0. The second-order valence-corrected chi connectivity index (χ2v) is 5.08. The van der Waals surface area contributed by atoms with Crippen molar-refractivity contribution in [3.05, 3.63) is 64.0 Å². The molecule has 1 nitrogen and oxygen atoms in total. The van der Waals surface area contributed by atoms with Crippen LogP contribution in [0.5, 0.6) is 5.75 Å². The maximum Gasteiger partial charge on any atom is 0.129 e. The molecular formula is C17H19FO. The van der Waals surface area contributed by atoms with Gasteiger partial charge in [0.15, 0.2) is 0 Å². The van der Waals surface area contributed by atoms with Gasteiger partial charge in [0.1, 0.15) is 18.2 Å². The Bertz CT molecular complexity index is 579. The Balaban J connectivity index is 2.16. The van der Waals surface area contributed by atoms with Crippen LogP contribution in [0.15, 0.2) is 30.3 Å². The fourth-order valence-corrected chi connectivity index (χ4v) is 2.26. The zero-order valence-corrected chi connectivity index (χ0v) is 11.9. The predicted octanol–water partition coefficient (Wildman–Crippen LogP) is 4.64. The third-order valence-electron chi connectivity index (χ3n) is 3.37. The molecule has 0 fully saturated rings. The third-order valence-corrected chi connectivity index (χ3v) is 3.37. The molecule has 0 aliphatic rings. The first-order chi connectivity index (χ1) is 8.97. The monoisotopic (exact) mass is 258 g/mol. The van der Waals surface area contributed by atoms with Gasteiger partial charge in [0.05, 0.1) is 0 Å². The molecule has 0 spiro atoms. The van der Waals surface area contributed by atoms with Crippen LogP contribution in [0.3, 0.4) is 0 Å². The molecule has 100 valence electrons. The summed E-state index contributed by atoms with van der Waals surface area (Å²) < 4.78 is 19.1. The molecule has 0 aliphatic heterocycles. The van der Waals surface area contributed by atoms with E-state index in [2.05, 4.69) is 32.9 Å². The van der Waals surface area contributed by atoms with Crippen LogP contribution in [0, 0.1) is 33.5 Å². The average molecular weight is 258 g/mol. The van der Waals surface area contributed by atoms with Crippen molar-refractivity contribution in [3.63, 3.8) is 0 Å². The van der Waals surface area contributed by atoms with Crippen LogP contribution in [0.2, 0.25) is 0 Å². The maximum absolute atomic E-state index is 13.4. The van der Waals surface area contributed by atoms with Gasteiger partial charge < -0.3 is 4.74 Å². The smallest absolute Gasteiger partial charge is 0.129 e. The van der Waals surface area contributed by atoms with Gasteiger partial charge in [-0.05, 0) is 56.0 Å². The Kier molecular flexibility index (Phi) is 3.89. The lowest BCUT2D eigenvalue weighted by atomic mass is 10.0. The van der Waals surface area contributed by atoms with Gasteiger partial charge in [-0.15, -0.1) is 0 Å². The zero-order valence-electron chi connectivity index (χ0n) is 11.9. The van der Waals surface area contributed by atoms with Gasteiger partial charge in [-0.25, -0.2) is 4.39 Å². The minimum atomic E-state index is -0.227. The van der Waals surface area contributed by atoms with Gasteiger partial charge in [-0.2, -0.15) is 0 Å². The van der Waals surface area contributed by atoms with Crippen LogP contribution in [0.4, 0.5) is 4.39 Å². The minimum Gasteiger partial charge on any atom is -0.489 e. The summed E-state index contributed by atoms with van der Waals surface area (Å²) in [5, 5.41) is 0. The van der Waals surface area contributed by atoms with E-state index in [1.807, 2.05) is 0 Å². The first-order valence-electron chi connectivity index (χ1n) is 6.43. The van der Waals surface area contributed by atoms with Crippen LogP contribution in [-0.4, -0.2) is 0 Å². The van der Waals surface area contributed by atoms with Crippen LogP contribution in [0.25, 0.3) is 0 Å². The van der Waals surface area contributed by atoms with Gasteiger partial charge in [-0.1, -0.05) is 23.8 Å². The molecule has 0 saturated heterocycles. The molecule has 0 unspecified atom stereocenters. The van der Waals surface area contributed by atoms with Gasteiger partial charge >= 0.3 is 0 Å². The Morgan fingerprint density at radius 2 is 1.53 bits per heavy atom. The van der Waals surface area contributed by atoms with Gasteiger partial charge in [0.25, 0.3) is 0 Å². The molecule has 2 aromatic rings. The molecule has 0 amide bonds. The number of halogens is 1. The number of benzene rings is 2. The summed E-state index contributed by atoms with van der Waals surface area (Å²) in [4.78, 5) is 0. The normalized spacial score (nSPS) is 10.6. The van der Waals surface area contributed by atoms with Crippen molar-refractivity contribution >= 4 is 0 Å². The zero-order chi connectivity index (χ0) is 14.0. The van der Waals surface area contributed by atoms with Crippen molar-refractivity contribution < 1.29 is 9.13 Å². The molecule has 0 heterocycles. The van der Waals surface area contributed by atoms with E-state index in [4.69, 9.17) is 4.74 Å². The van der Waals surface area contributed by atoms with Crippen LogP contribution in [0.1, 0.15) is 27.8 Å². The average Bonchev–Trinajstić information content (AvgIpc) is 2.32. The van der Waals surface area contributed by atoms with E-state index in [1.165, 1.54) is 28.3 Å². The molecule has 0 atom stereocenters. The number of aryl methyl sites for hydroxylation is 4. The van der Waals surface area contributed by atoms with Crippen molar-refractivity contribution in [3.8, 4) is 5.75 Å². The van der Waals surface area contributed by atoms with Gasteiger partial charge in [0.2, 0.25) is 0 Å². The highest BCUT2D eigenvalue weighted by molar-refractivity contribution is 5.37. The quantitative estimate of drug-likeness (QED) is 0.779. The van der Waals surface area contributed by atoms with Crippen molar-refractivity contribution in [1.29, 1.82) is 0 Å². The van der Waals surface area contributed by atoms with E-state index in [-0.39, 0.29) is 5.82 Å². The van der Waals surface area contributed by atoms with Crippen LogP contribution in [-0.2, 0) is 6.61 Å². The standard InChI is InChI=1S/C17H19FO/c1-11-7-13(3)16(14(4)8-11)10-19-15-6-5-12(2)17(18)9-15/h5-9H,10H2,1-4H3. The van der Waals surface area contributed by atoms with E-state index >= 15 is 0 Å². The SMILES string of the molecule is Cc1cc(C)c(COc2ccc(C)c(F)c2)c(C)c1. The van der Waals surface area contributed by atoms with Crippen molar-refractivity contribution in [2.24, 2.45) is 0 Å². The van der Waals surface area contributed by atoms with E-state index in [0.717, 1.165) is 0 Å². The highest BCUT2D eigenvalue weighted by Crippen LogP contribution is 2.21. The highest BCUT2D eigenvalue weighted by atomic mass is 19.1. The lowest BCUT2D eigenvalue weighted by Crippen LogP contribution is -2.01. The molecule has 2 rings (SSSR count). The lowest BCUT2D eigenvalue weighted by molar-refractivity contribution is 0.303. The van der Waals surface area contributed by atoms with Crippen LogP contribution < -0.4 is 4.74 Å². The molecule has 2 aromatic carbocycles. The minimum absolute atomic E-state index is 0.227. The van der Waals surface area contributed by atoms with E-state index < -0.39 is 0 Å². The maximum atomic E-state index is 13.4. The fraction of sp³-hybridized carbons (Fsp3) is 0.294. The summed E-state index contributed by atoms with van der Waals surface area (Å²) in [7, 11) is 0. The predicted molar refractivity (Wildman–Crippen MR) is 76.1 cm³/mol. The van der Waals surface area contributed by atoms with E-state index in [0.29, 0.717) is 17.9 Å². The molecule has 0 radical (unpaired) electrons. The van der Waals surface area contributed by atoms with Crippen molar-refractivity contribution in [2.45, 2.75) is 34.3 Å². The Morgan fingerprint density at radius 3 is 2.11 bits per heavy atom. The van der Waals surface area contributed by atoms with Crippen molar-refractivity contribution in [2.75, 3.05) is 0 Å². The molecular weight excluding hydrogens is 239 g/mol. The Morgan fingerprint density at radius 1 is 0.895 bits per heavy atom. The second kappa shape index (κ2) is 5.43. The van der Waals surface area contributed by atoms with Crippen LogP contribution >= 0.6 is 0 Å². The lowest BCUT2D eigenvalue weighted by Gasteiger charge is -2.13. The number of hydrogen-bond acceptors (Lipinski definition) is 1. The summed E-state index contributed by atoms with van der Waals surface area (Å²) in [5.41, 5.74) is 5.48. The highest BCUT2D eigenvalue weighted by Gasteiger charge is 2.06. The Labute approximate surface area is 114 Å². The molecule has 2 heteroatoms. The fourth-order valence-electron chi connectivity index (χ4n) is 2.26.